The first-order chi connectivity index (χ1) is 10.8. The topological polar surface area (TPSA) is 54.5 Å². The monoisotopic (exact) mass is 298 g/mol. The van der Waals surface area contributed by atoms with Crippen LogP contribution in [0.5, 0.6) is 0 Å². The van der Waals surface area contributed by atoms with Gasteiger partial charge in [0.1, 0.15) is 11.5 Å². The highest BCUT2D eigenvalue weighted by Gasteiger charge is 2.16. The van der Waals surface area contributed by atoms with Gasteiger partial charge in [0.05, 0.1) is 0 Å². The summed E-state index contributed by atoms with van der Waals surface area (Å²) in [5.74, 6) is 2.53. The van der Waals surface area contributed by atoms with Crippen LogP contribution in [0.4, 0.5) is 0 Å². The summed E-state index contributed by atoms with van der Waals surface area (Å²) in [6.07, 6.45) is 11.2. The van der Waals surface area contributed by atoms with Crippen LogP contribution in [-0.4, -0.2) is 20.2 Å². The molecule has 0 radical (unpaired) electrons. The Bertz CT molecular complexity index is 584. The van der Waals surface area contributed by atoms with Crippen molar-refractivity contribution in [2.24, 2.45) is 5.92 Å². The zero-order valence-electron chi connectivity index (χ0n) is 13.5. The third-order valence-corrected chi connectivity index (χ3v) is 4.56. The number of nitrogens with zero attached hydrogens (tertiary/aromatic N) is 3. The van der Waals surface area contributed by atoms with Crippen molar-refractivity contribution in [3.63, 3.8) is 0 Å². The summed E-state index contributed by atoms with van der Waals surface area (Å²) in [5, 5.41) is 7.49. The van der Waals surface area contributed by atoms with Crippen LogP contribution in [0, 0.1) is 5.92 Å². The molecule has 0 aromatic carbocycles. The van der Waals surface area contributed by atoms with Crippen molar-refractivity contribution < 1.29 is 0 Å². The number of rotatable bonds is 6. The van der Waals surface area contributed by atoms with Crippen molar-refractivity contribution in [2.75, 3.05) is 0 Å². The van der Waals surface area contributed by atoms with Crippen LogP contribution in [0.3, 0.4) is 0 Å². The van der Waals surface area contributed by atoms with E-state index in [1.54, 1.807) is 0 Å². The Hall–Kier alpha value is -1.71. The molecule has 0 unspecified atom stereocenters. The number of aromatic amines is 1. The zero-order chi connectivity index (χ0) is 15.2. The molecule has 2 aromatic heterocycles. The molecular weight excluding hydrogens is 272 g/mol. The molecule has 22 heavy (non-hydrogen) atoms. The number of aromatic nitrogens is 4. The van der Waals surface area contributed by atoms with Crippen LogP contribution in [0.1, 0.15) is 63.4 Å². The van der Waals surface area contributed by atoms with Crippen molar-refractivity contribution in [3.8, 4) is 11.5 Å². The van der Waals surface area contributed by atoms with Gasteiger partial charge >= 0.3 is 0 Å². The van der Waals surface area contributed by atoms with Gasteiger partial charge in [-0.2, -0.15) is 5.10 Å². The number of H-pyrrole nitrogens is 1. The molecule has 0 aliphatic heterocycles. The van der Waals surface area contributed by atoms with E-state index in [2.05, 4.69) is 34.2 Å². The average Bonchev–Trinajstić information content (AvgIpc) is 3.03. The molecule has 4 heteroatoms. The summed E-state index contributed by atoms with van der Waals surface area (Å²) in [7, 11) is 0. The van der Waals surface area contributed by atoms with Gasteiger partial charge in [0.15, 0.2) is 5.82 Å². The molecule has 0 spiro atoms. The summed E-state index contributed by atoms with van der Waals surface area (Å²) in [5.41, 5.74) is 2.03. The van der Waals surface area contributed by atoms with Gasteiger partial charge in [-0.25, -0.2) is 9.97 Å². The molecule has 1 fully saturated rings. The Morgan fingerprint density at radius 2 is 2.00 bits per heavy atom. The fourth-order valence-corrected chi connectivity index (χ4v) is 3.27. The minimum absolute atomic E-state index is 0.740. The minimum Gasteiger partial charge on any atom is -0.263 e. The van der Waals surface area contributed by atoms with Gasteiger partial charge in [0.25, 0.3) is 0 Å². The van der Waals surface area contributed by atoms with E-state index >= 15 is 0 Å². The fourth-order valence-electron chi connectivity index (χ4n) is 3.27. The highest BCUT2D eigenvalue weighted by Crippen LogP contribution is 2.26. The molecule has 3 rings (SSSR count). The molecule has 1 saturated carbocycles. The summed E-state index contributed by atoms with van der Waals surface area (Å²) in [4.78, 5) is 9.36. The maximum absolute atomic E-state index is 4.70. The predicted octanol–water partition coefficient (Wildman–Crippen LogP) is 4.33. The molecular formula is C18H26N4. The third kappa shape index (κ3) is 3.93. The summed E-state index contributed by atoms with van der Waals surface area (Å²) in [6.45, 7) is 2.21. The summed E-state index contributed by atoms with van der Waals surface area (Å²) >= 11 is 0. The van der Waals surface area contributed by atoms with E-state index in [1.807, 2.05) is 6.07 Å². The second kappa shape index (κ2) is 7.52. The Labute approximate surface area is 132 Å². The third-order valence-electron chi connectivity index (χ3n) is 4.56. The molecule has 2 heterocycles. The molecule has 0 bridgehead atoms. The molecule has 1 N–H and O–H groups in total. The van der Waals surface area contributed by atoms with Gasteiger partial charge < -0.3 is 0 Å². The lowest BCUT2D eigenvalue weighted by Gasteiger charge is -2.19. The lowest BCUT2D eigenvalue weighted by molar-refractivity contribution is 0.352. The molecule has 4 nitrogen and oxygen atoms in total. The molecule has 1 aliphatic carbocycles. The van der Waals surface area contributed by atoms with Gasteiger partial charge in [-0.05, 0) is 30.9 Å². The lowest BCUT2D eigenvalue weighted by atomic mass is 9.87. The number of pyridine rings is 1. The zero-order valence-corrected chi connectivity index (χ0v) is 13.5. The Kier molecular flexibility index (Phi) is 5.20. The molecule has 2 aromatic rings. The maximum atomic E-state index is 4.70. The Morgan fingerprint density at radius 3 is 2.82 bits per heavy atom. The van der Waals surface area contributed by atoms with Gasteiger partial charge in [-0.15, -0.1) is 0 Å². The van der Waals surface area contributed by atoms with Crippen LogP contribution in [-0.2, 0) is 12.8 Å². The number of hydrogen-bond acceptors (Lipinski definition) is 3. The van der Waals surface area contributed by atoms with Gasteiger partial charge in [-0.3, -0.25) is 5.10 Å². The van der Waals surface area contributed by atoms with E-state index in [4.69, 9.17) is 4.98 Å². The normalized spacial score (nSPS) is 16.0. The molecule has 0 amide bonds. The smallest absolute Gasteiger partial charge is 0.199 e. The molecule has 0 saturated heterocycles. The Balaban J connectivity index is 1.67. The maximum Gasteiger partial charge on any atom is 0.199 e. The summed E-state index contributed by atoms with van der Waals surface area (Å²) < 4.78 is 0. The standard InChI is InChI=1S/C18H26N4/c1-2-3-10-15-11-7-12-16(19-15)18-20-17(21-22-18)13-14-8-5-4-6-9-14/h7,11-12,14H,2-6,8-10,13H2,1H3,(H,20,21,22). The number of aryl methyl sites for hydroxylation is 1. The van der Waals surface area contributed by atoms with E-state index in [1.165, 1.54) is 44.9 Å². The van der Waals surface area contributed by atoms with Crippen molar-refractivity contribution in [3.05, 3.63) is 29.7 Å². The second-order valence-electron chi connectivity index (χ2n) is 6.43. The van der Waals surface area contributed by atoms with Crippen LogP contribution in [0.2, 0.25) is 0 Å². The first kappa shape index (κ1) is 15.2. The second-order valence-corrected chi connectivity index (χ2v) is 6.43. The largest absolute Gasteiger partial charge is 0.263 e. The van der Waals surface area contributed by atoms with E-state index in [-0.39, 0.29) is 0 Å². The molecule has 118 valence electrons. The van der Waals surface area contributed by atoms with Crippen molar-refractivity contribution in [1.29, 1.82) is 0 Å². The summed E-state index contributed by atoms with van der Waals surface area (Å²) in [6, 6.07) is 6.16. The predicted molar refractivity (Wildman–Crippen MR) is 88.5 cm³/mol. The fraction of sp³-hybridized carbons (Fsp3) is 0.611. The lowest BCUT2D eigenvalue weighted by Crippen LogP contribution is -2.10. The Morgan fingerprint density at radius 1 is 1.14 bits per heavy atom. The SMILES string of the molecule is CCCCc1cccc(-c2n[nH]c(CC3CCCCC3)n2)n1. The van der Waals surface area contributed by atoms with E-state index in [0.717, 1.165) is 41.8 Å². The highest BCUT2D eigenvalue weighted by molar-refractivity contribution is 5.48. The number of hydrogen-bond donors (Lipinski definition) is 1. The first-order valence-electron chi connectivity index (χ1n) is 8.72. The molecule has 0 atom stereocenters. The van der Waals surface area contributed by atoms with E-state index in [9.17, 15) is 0 Å². The van der Waals surface area contributed by atoms with Crippen LogP contribution < -0.4 is 0 Å². The van der Waals surface area contributed by atoms with Crippen molar-refractivity contribution in [2.45, 2.75) is 64.7 Å². The number of nitrogens with one attached hydrogen (secondary N) is 1. The highest BCUT2D eigenvalue weighted by atomic mass is 15.2. The van der Waals surface area contributed by atoms with Crippen LogP contribution >= 0.6 is 0 Å². The van der Waals surface area contributed by atoms with Crippen LogP contribution in [0.15, 0.2) is 18.2 Å². The van der Waals surface area contributed by atoms with Crippen molar-refractivity contribution in [1.82, 2.24) is 20.2 Å². The minimum atomic E-state index is 0.740. The average molecular weight is 298 g/mol. The van der Waals surface area contributed by atoms with E-state index in [0.29, 0.717) is 0 Å². The molecule has 1 aliphatic rings. The number of unbranched alkanes of at least 4 members (excludes halogenated alkanes) is 1. The van der Waals surface area contributed by atoms with E-state index < -0.39 is 0 Å². The van der Waals surface area contributed by atoms with Gasteiger partial charge in [0.2, 0.25) is 0 Å². The van der Waals surface area contributed by atoms with Gasteiger partial charge in [-0.1, -0.05) is 51.5 Å². The van der Waals surface area contributed by atoms with Crippen molar-refractivity contribution >= 4 is 0 Å². The van der Waals surface area contributed by atoms with Gasteiger partial charge in [0, 0.05) is 12.1 Å². The quantitative estimate of drug-likeness (QED) is 0.863. The van der Waals surface area contributed by atoms with Crippen LogP contribution in [0.25, 0.3) is 11.5 Å². The first-order valence-corrected chi connectivity index (χ1v) is 8.72.